The third-order valence-electron chi connectivity index (χ3n) is 6.95. The number of hydrogen-bond acceptors (Lipinski definition) is 2. The molecule has 0 radical (unpaired) electrons. The van der Waals surface area contributed by atoms with Gasteiger partial charge in [-0.05, 0) is 63.7 Å². The molecule has 0 unspecified atom stereocenters. The van der Waals surface area contributed by atoms with Gasteiger partial charge in [0.05, 0.1) is 13.2 Å². The molecule has 1 aliphatic heterocycles. The van der Waals surface area contributed by atoms with Gasteiger partial charge in [-0.3, -0.25) is 0 Å². The first-order chi connectivity index (χ1) is 10.4. The topological polar surface area (TPSA) is 18.5 Å². The van der Waals surface area contributed by atoms with Crippen molar-refractivity contribution >= 4 is 0 Å². The van der Waals surface area contributed by atoms with Gasteiger partial charge in [0, 0.05) is 11.8 Å². The predicted octanol–water partition coefficient (Wildman–Crippen LogP) is 5.47. The highest BCUT2D eigenvalue weighted by Gasteiger charge is 2.63. The summed E-state index contributed by atoms with van der Waals surface area (Å²) in [6.07, 6.45) is 12.6. The van der Waals surface area contributed by atoms with E-state index in [1.165, 1.54) is 50.5 Å². The van der Waals surface area contributed by atoms with Gasteiger partial charge in [-0.1, -0.05) is 31.9 Å². The molecule has 2 saturated carbocycles. The van der Waals surface area contributed by atoms with Crippen molar-refractivity contribution in [2.75, 3.05) is 13.2 Å². The molecule has 3 fully saturated rings. The Balaban J connectivity index is 1.84. The van der Waals surface area contributed by atoms with Crippen LogP contribution in [-0.2, 0) is 9.47 Å². The lowest BCUT2D eigenvalue weighted by atomic mass is 9.48. The first-order valence-corrected chi connectivity index (χ1v) is 9.33. The summed E-state index contributed by atoms with van der Waals surface area (Å²) in [6, 6.07) is 0. The summed E-state index contributed by atoms with van der Waals surface area (Å²) in [4.78, 5) is 0. The van der Waals surface area contributed by atoms with Crippen molar-refractivity contribution in [3.05, 3.63) is 11.6 Å². The van der Waals surface area contributed by atoms with Crippen LogP contribution >= 0.6 is 0 Å². The number of hydrogen-bond donors (Lipinski definition) is 0. The van der Waals surface area contributed by atoms with Crippen LogP contribution in [0.4, 0.5) is 0 Å². The molecule has 1 saturated heterocycles. The van der Waals surface area contributed by atoms with Gasteiger partial charge in [0.1, 0.15) is 0 Å². The van der Waals surface area contributed by atoms with Crippen LogP contribution in [0.2, 0.25) is 0 Å². The Kier molecular flexibility index (Phi) is 4.46. The SMILES string of the molecule is CC(C)=CCC[C@]1(C)CCC[C@@]2(C)[C@H]1CCCC21OCCO1. The van der Waals surface area contributed by atoms with Gasteiger partial charge in [0.15, 0.2) is 5.79 Å². The van der Waals surface area contributed by atoms with Crippen LogP contribution < -0.4 is 0 Å². The lowest BCUT2D eigenvalue weighted by molar-refractivity contribution is -0.292. The third kappa shape index (κ3) is 2.57. The van der Waals surface area contributed by atoms with Gasteiger partial charge in [-0.15, -0.1) is 0 Å². The van der Waals surface area contributed by atoms with Crippen LogP contribution in [0.3, 0.4) is 0 Å². The van der Waals surface area contributed by atoms with Crippen molar-refractivity contribution in [3.8, 4) is 0 Å². The highest BCUT2D eigenvalue weighted by Crippen LogP contribution is 2.64. The Bertz CT molecular complexity index is 431. The Labute approximate surface area is 136 Å². The smallest absolute Gasteiger partial charge is 0.174 e. The van der Waals surface area contributed by atoms with E-state index in [9.17, 15) is 0 Å². The van der Waals surface area contributed by atoms with E-state index < -0.39 is 0 Å². The minimum atomic E-state index is -0.270. The van der Waals surface area contributed by atoms with Gasteiger partial charge in [0.25, 0.3) is 0 Å². The van der Waals surface area contributed by atoms with E-state index in [0.29, 0.717) is 5.41 Å². The Morgan fingerprint density at radius 3 is 2.45 bits per heavy atom. The van der Waals surface area contributed by atoms with Crippen LogP contribution in [0, 0.1) is 16.7 Å². The lowest BCUT2D eigenvalue weighted by Crippen LogP contribution is -2.60. The molecule has 3 aliphatic rings. The Hall–Kier alpha value is -0.340. The first kappa shape index (κ1) is 16.5. The molecule has 0 aromatic heterocycles. The van der Waals surface area contributed by atoms with Crippen molar-refractivity contribution in [1.82, 2.24) is 0 Å². The monoisotopic (exact) mass is 306 g/mol. The average Bonchev–Trinajstić information content (AvgIpc) is 2.91. The normalized spacial score (nSPS) is 40.5. The maximum Gasteiger partial charge on any atom is 0.174 e. The van der Waals surface area contributed by atoms with E-state index in [4.69, 9.17) is 9.47 Å². The molecule has 0 aromatic rings. The maximum absolute atomic E-state index is 6.26. The molecular formula is C20H34O2. The number of rotatable bonds is 3. The Morgan fingerprint density at radius 2 is 1.77 bits per heavy atom. The molecule has 2 heteroatoms. The van der Waals surface area contributed by atoms with Crippen molar-refractivity contribution < 1.29 is 9.47 Å². The van der Waals surface area contributed by atoms with Crippen LogP contribution in [0.1, 0.15) is 79.1 Å². The second-order valence-electron chi connectivity index (χ2n) is 8.64. The van der Waals surface area contributed by atoms with Gasteiger partial charge in [-0.2, -0.15) is 0 Å². The fraction of sp³-hybridized carbons (Fsp3) is 0.900. The van der Waals surface area contributed by atoms with E-state index in [0.717, 1.165) is 25.6 Å². The summed E-state index contributed by atoms with van der Waals surface area (Å²) >= 11 is 0. The number of ether oxygens (including phenoxy) is 2. The maximum atomic E-state index is 6.26. The fourth-order valence-electron chi connectivity index (χ4n) is 5.84. The summed E-state index contributed by atoms with van der Waals surface area (Å²) < 4.78 is 12.5. The lowest BCUT2D eigenvalue weighted by Gasteiger charge is -2.61. The molecule has 1 heterocycles. The molecule has 1 spiro atoms. The van der Waals surface area contributed by atoms with Gasteiger partial charge >= 0.3 is 0 Å². The largest absolute Gasteiger partial charge is 0.347 e. The minimum Gasteiger partial charge on any atom is -0.347 e. The molecule has 2 nitrogen and oxygen atoms in total. The summed E-state index contributed by atoms with van der Waals surface area (Å²) in [7, 11) is 0. The standard InChI is InChI=1S/C20H34O2/c1-16(2)8-5-10-18(3)11-7-12-19(4)17(18)9-6-13-20(19)21-14-15-22-20/h8,17H,5-7,9-15H2,1-4H3/t17-,18+,19-/m0/s1. The van der Waals surface area contributed by atoms with Crippen molar-refractivity contribution in [2.24, 2.45) is 16.7 Å². The quantitative estimate of drug-likeness (QED) is 0.643. The highest BCUT2D eigenvalue weighted by atomic mass is 16.7. The first-order valence-electron chi connectivity index (χ1n) is 9.33. The summed E-state index contributed by atoms with van der Waals surface area (Å²) in [5, 5.41) is 0. The van der Waals surface area contributed by atoms with E-state index in [1.807, 2.05) is 0 Å². The second kappa shape index (κ2) is 5.94. The molecule has 0 N–H and O–H groups in total. The zero-order chi connectivity index (χ0) is 15.8. The van der Waals surface area contributed by atoms with E-state index in [2.05, 4.69) is 33.8 Å². The molecule has 0 bridgehead atoms. The van der Waals surface area contributed by atoms with Crippen molar-refractivity contribution in [2.45, 2.75) is 84.8 Å². The van der Waals surface area contributed by atoms with Crippen molar-refractivity contribution in [3.63, 3.8) is 0 Å². The molecule has 0 amide bonds. The van der Waals surface area contributed by atoms with E-state index in [-0.39, 0.29) is 11.2 Å². The predicted molar refractivity (Wildman–Crippen MR) is 90.7 cm³/mol. The van der Waals surface area contributed by atoms with Gasteiger partial charge < -0.3 is 9.47 Å². The molecule has 2 aliphatic carbocycles. The number of fused-ring (bicyclic) bond motifs is 2. The number of allylic oxidation sites excluding steroid dienone is 2. The molecule has 3 atom stereocenters. The summed E-state index contributed by atoms with van der Waals surface area (Å²) in [6.45, 7) is 11.0. The van der Waals surface area contributed by atoms with Crippen LogP contribution in [0.25, 0.3) is 0 Å². The van der Waals surface area contributed by atoms with Crippen LogP contribution in [0.15, 0.2) is 11.6 Å². The van der Waals surface area contributed by atoms with Crippen LogP contribution in [0.5, 0.6) is 0 Å². The molecule has 0 aromatic carbocycles. The van der Waals surface area contributed by atoms with Crippen molar-refractivity contribution in [1.29, 1.82) is 0 Å². The summed E-state index contributed by atoms with van der Waals surface area (Å²) in [5.74, 6) is 0.472. The van der Waals surface area contributed by atoms with Gasteiger partial charge in [0.2, 0.25) is 0 Å². The highest BCUT2D eigenvalue weighted by molar-refractivity contribution is 5.08. The molecule has 22 heavy (non-hydrogen) atoms. The fourth-order valence-corrected chi connectivity index (χ4v) is 5.84. The van der Waals surface area contributed by atoms with E-state index in [1.54, 1.807) is 0 Å². The van der Waals surface area contributed by atoms with Gasteiger partial charge in [-0.25, -0.2) is 0 Å². The molecular weight excluding hydrogens is 272 g/mol. The molecule has 3 rings (SSSR count). The average molecular weight is 306 g/mol. The second-order valence-corrected chi connectivity index (χ2v) is 8.64. The zero-order valence-corrected chi connectivity index (χ0v) is 15.0. The summed E-state index contributed by atoms with van der Waals surface area (Å²) in [5.41, 5.74) is 2.10. The minimum absolute atomic E-state index is 0.208. The third-order valence-corrected chi connectivity index (χ3v) is 6.95. The Morgan fingerprint density at radius 1 is 1.05 bits per heavy atom. The zero-order valence-electron chi connectivity index (χ0n) is 15.0. The van der Waals surface area contributed by atoms with E-state index >= 15 is 0 Å². The molecule has 126 valence electrons. The van der Waals surface area contributed by atoms with Crippen LogP contribution in [-0.4, -0.2) is 19.0 Å².